The number of rotatable bonds is 8. The number of likely N-dealkylation sites (N-methyl/N-ethyl adjacent to an activating group) is 1. The Morgan fingerprint density at radius 1 is 1.21 bits per heavy atom. The van der Waals surface area contributed by atoms with Crippen LogP contribution in [-0.4, -0.2) is 50.3 Å². The fourth-order valence-electron chi connectivity index (χ4n) is 3.25. The van der Waals surface area contributed by atoms with Crippen LogP contribution in [-0.2, 0) is 11.3 Å². The number of hydrogen-bond donors (Lipinski definition) is 1. The number of nitrogens with zero attached hydrogens (tertiary/aromatic N) is 1. The number of benzene rings is 2. The van der Waals surface area contributed by atoms with E-state index in [1.165, 1.54) is 0 Å². The van der Waals surface area contributed by atoms with Gasteiger partial charge < -0.3 is 14.8 Å². The number of halogens is 1. The third kappa shape index (κ3) is 6.33. The van der Waals surface area contributed by atoms with Gasteiger partial charge in [0.25, 0.3) is 5.91 Å². The fourth-order valence-corrected chi connectivity index (χ4v) is 3.51. The summed E-state index contributed by atoms with van der Waals surface area (Å²) in [6.45, 7) is 3.69. The number of ether oxygens (including phenoxy) is 2. The van der Waals surface area contributed by atoms with Crippen LogP contribution in [0, 0.1) is 0 Å². The van der Waals surface area contributed by atoms with Crippen molar-refractivity contribution in [1.82, 2.24) is 10.2 Å². The summed E-state index contributed by atoms with van der Waals surface area (Å²) < 4.78 is 12.3. The Labute approximate surface area is 175 Å². The van der Waals surface area contributed by atoms with Crippen LogP contribution in [0.15, 0.2) is 53.0 Å². The Balaban J connectivity index is 1.44. The standard InChI is InChI=1S/C22H27BrN2O3/c1-25(20-9-12-27-13-10-20)11-14-28-21-4-2-3-17(15-21)16-24-22(26)18-5-7-19(23)8-6-18/h2-8,15,20H,9-14,16H2,1H3,(H,24,26). The van der Waals surface area contributed by atoms with E-state index in [0.717, 1.165) is 48.4 Å². The predicted octanol–water partition coefficient (Wildman–Crippen LogP) is 3.87. The molecule has 0 bridgehead atoms. The second-order valence-electron chi connectivity index (χ2n) is 7.01. The molecular formula is C22H27BrN2O3. The molecule has 1 aliphatic heterocycles. The Hall–Kier alpha value is -1.89. The van der Waals surface area contributed by atoms with E-state index in [1.807, 2.05) is 36.4 Å². The molecule has 0 spiro atoms. The highest BCUT2D eigenvalue weighted by molar-refractivity contribution is 9.10. The molecule has 1 fully saturated rings. The van der Waals surface area contributed by atoms with E-state index in [1.54, 1.807) is 12.1 Å². The van der Waals surface area contributed by atoms with Crippen molar-refractivity contribution >= 4 is 21.8 Å². The van der Waals surface area contributed by atoms with Gasteiger partial charge in [0.15, 0.2) is 0 Å². The largest absolute Gasteiger partial charge is 0.492 e. The summed E-state index contributed by atoms with van der Waals surface area (Å²) >= 11 is 3.38. The van der Waals surface area contributed by atoms with Gasteiger partial charge >= 0.3 is 0 Å². The maximum absolute atomic E-state index is 12.2. The van der Waals surface area contributed by atoms with Crippen molar-refractivity contribution < 1.29 is 14.3 Å². The molecule has 1 heterocycles. The van der Waals surface area contributed by atoms with Crippen molar-refractivity contribution in [1.29, 1.82) is 0 Å². The highest BCUT2D eigenvalue weighted by Crippen LogP contribution is 2.16. The van der Waals surface area contributed by atoms with Gasteiger partial charge in [-0.05, 0) is 61.9 Å². The van der Waals surface area contributed by atoms with E-state index >= 15 is 0 Å². The highest BCUT2D eigenvalue weighted by atomic mass is 79.9. The first-order valence-electron chi connectivity index (χ1n) is 9.65. The average molecular weight is 447 g/mol. The van der Waals surface area contributed by atoms with E-state index in [9.17, 15) is 4.79 Å². The molecule has 0 radical (unpaired) electrons. The second-order valence-corrected chi connectivity index (χ2v) is 7.93. The zero-order valence-electron chi connectivity index (χ0n) is 16.2. The first kappa shape index (κ1) is 20.8. The molecule has 0 unspecified atom stereocenters. The number of nitrogens with one attached hydrogen (secondary N) is 1. The topological polar surface area (TPSA) is 50.8 Å². The average Bonchev–Trinajstić information content (AvgIpc) is 2.73. The molecule has 0 aliphatic carbocycles. The molecule has 6 heteroatoms. The van der Waals surface area contributed by atoms with Crippen LogP contribution in [0.4, 0.5) is 0 Å². The van der Waals surface area contributed by atoms with Crippen LogP contribution < -0.4 is 10.1 Å². The molecule has 3 rings (SSSR count). The molecule has 150 valence electrons. The lowest BCUT2D eigenvalue weighted by molar-refractivity contribution is 0.0392. The fraction of sp³-hybridized carbons (Fsp3) is 0.409. The molecule has 1 N–H and O–H groups in total. The molecule has 28 heavy (non-hydrogen) atoms. The number of carbonyl (C=O) groups excluding carboxylic acids is 1. The lowest BCUT2D eigenvalue weighted by atomic mass is 10.1. The Kier molecular flexibility index (Phi) is 7.89. The minimum Gasteiger partial charge on any atom is -0.492 e. The molecule has 2 aromatic carbocycles. The van der Waals surface area contributed by atoms with E-state index in [0.29, 0.717) is 24.8 Å². The minimum absolute atomic E-state index is 0.0862. The van der Waals surface area contributed by atoms with Gasteiger partial charge in [0.1, 0.15) is 12.4 Å². The van der Waals surface area contributed by atoms with Gasteiger partial charge in [0, 0.05) is 42.4 Å². The van der Waals surface area contributed by atoms with Gasteiger partial charge in [-0.1, -0.05) is 28.1 Å². The van der Waals surface area contributed by atoms with Gasteiger partial charge in [-0.15, -0.1) is 0 Å². The lowest BCUT2D eigenvalue weighted by Crippen LogP contribution is -2.38. The molecule has 2 aromatic rings. The summed E-state index contributed by atoms with van der Waals surface area (Å²) in [5, 5.41) is 2.95. The predicted molar refractivity (Wildman–Crippen MR) is 114 cm³/mol. The SMILES string of the molecule is CN(CCOc1cccc(CNC(=O)c2ccc(Br)cc2)c1)C1CCOCC1. The zero-order valence-corrected chi connectivity index (χ0v) is 17.8. The summed E-state index contributed by atoms with van der Waals surface area (Å²) in [5.74, 6) is 0.743. The van der Waals surface area contributed by atoms with Crippen LogP contribution in [0.3, 0.4) is 0 Å². The van der Waals surface area contributed by atoms with Crippen molar-refractivity contribution in [3.05, 3.63) is 64.1 Å². The second kappa shape index (κ2) is 10.6. The monoisotopic (exact) mass is 446 g/mol. The zero-order chi connectivity index (χ0) is 19.8. The Bertz CT molecular complexity index is 761. The first-order valence-corrected chi connectivity index (χ1v) is 10.4. The quantitative estimate of drug-likeness (QED) is 0.668. The highest BCUT2D eigenvalue weighted by Gasteiger charge is 2.18. The van der Waals surface area contributed by atoms with Crippen LogP contribution in [0.1, 0.15) is 28.8 Å². The summed E-state index contributed by atoms with van der Waals surface area (Å²) in [6.07, 6.45) is 2.17. The smallest absolute Gasteiger partial charge is 0.251 e. The molecule has 5 nitrogen and oxygen atoms in total. The number of hydrogen-bond acceptors (Lipinski definition) is 4. The number of amides is 1. The lowest BCUT2D eigenvalue weighted by Gasteiger charge is -2.31. The molecule has 1 aliphatic rings. The Morgan fingerprint density at radius 3 is 2.71 bits per heavy atom. The van der Waals surface area contributed by atoms with Crippen LogP contribution in [0.25, 0.3) is 0 Å². The summed E-state index contributed by atoms with van der Waals surface area (Å²) in [6, 6.07) is 15.8. The van der Waals surface area contributed by atoms with Gasteiger partial charge in [0.2, 0.25) is 0 Å². The number of carbonyl (C=O) groups is 1. The van der Waals surface area contributed by atoms with Crippen molar-refractivity contribution in [2.45, 2.75) is 25.4 Å². The molecule has 0 saturated carbocycles. The summed E-state index contributed by atoms with van der Waals surface area (Å²) in [7, 11) is 2.15. The van der Waals surface area contributed by atoms with Crippen LogP contribution >= 0.6 is 15.9 Å². The van der Waals surface area contributed by atoms with Crippen LogP contribution in [0.5, 0.6) is 5.75 Å². The minimum atomic E-state index is -0.0862. The van der Waals surface area contributed by atoms with Crippen molar-refractivity contribution in [3.8, 4) is 5.75 Å². The Morgan fingerprint density at radius 2 is 1.96 bits per heavy atom. The van der Waals surface area contributed by atoms with Crippen molar-refractivity contribution in [2.24, 2.45) is 0 Å². The van der Waals surface area contributed by atoms with E-state index in [4.69, 9.17) is 9.47 Å². The van der Waals surface area contributed by atoms with Gasteiger partial charge in [-0.2, -0.15) is 0 Å². The van der Waals surface area contributed by atoms with E-state index in [-0.39, 0.29) is 5.91 Å². The van der Waals surface area contributed by atoms with Crippen molar-refractivity contribution in [2.75, 3.05) is 33.4 Å². The third-order valence-electron chi connectivity index (χ3n) is 4.98. The van der Waals surface area contributed by atoms with Gasteiger partial charge in [0.05, 0.1) is 0 Å². The molecular weight excluding hydrogens is 420 g/mol. The van der Waals surface area contributed by atoms with Crippen LogP contribution in [0.2, 0.25) is 0 Å². The van der Waals surface area contributed by atoms with Crippen molar-refractivity contribution in [3.63, 3.8) is 0 Å². The molecule has 0 atom stereocenters. The van der Waals surface area contributed by atoms with Gasteiger partial charge in [-0.3, -0.25) is 9.69 Å². The molecule has 1 saturated heterocycles. The van der Waals surface area contributed by atoms with E-state index < -0.39 is 0 Å². The molecule has 0 aromatic heterocycles. The maximum Gasteiger partial charge on any atom is 0.251 e. The van der Waals surface area contributed by atoms with Gasteiger partial charge in [-0.25, -0.2) is 0 Å². The first-order chi connectivity index (χ1) is 13.6. The maximum atomic E-state index is 12.2. The van der Waals surface area contributed by atoms with E-state index in [2.05, 4.69) is 33.2 Å². The summed E-state index contributed by atoms with van der Waals surface area (Å²) in [4.78, 5) is 14.6. The third-order valence-corrected chi connectivity index (χ3v) is 5.51. The normalized spacial score (nSPS) is 14.8. The molecule has 1 amide bonds. The summed E-state index contributed by atoms with van der Waals surface area (Å²) in [5.41, 5.74) is 1.66.